The summed E-state index contributed by atoms with van der Waals surface area (Å²) in [5.74, 6) is 0.312. The number of nitrogens with zero attached hydrogens (tertiary/aromatic N) is 5. The minimum atomic E-state index is -0.294. The number of imidazole rings is 1. The maximum atomic E-state index is 13.3. The van der Waals surface area contributed by atoms with Crippen LogP contribution in [0.3, 0.4) is 0 Å². The van der Waals surface area contributed by atoms with E-state index in [-0.39, 0.29) is 11.4 Å². The lowest BCUT2D eigenvalue weighted by molar-refractivity contribution is 0.436. The fourth-order valence-corrected chi connectivity index (χ4v) is 4.42. The summed E-state index contributed by atoms with van der Waals surface area (Å²) in [7, 11) is 0. The first-order valence-electron chi connectivity index (χ1n) is 11.2. The molecule has 0 aliphatic heterocycles. The Balaban J connectivity index is 1.61. The lowest BCUT2D eigenvalue weighted by atomic mass is 10.1. The number of aryl methyl sites for hydroxylation is 2. The first kappa shape index (κ1) is 20.8. The van der Waals surface area contributed by atoms with Gasteiger partial charge in [-0.25, -0.2) is 19.1 Å². The van der Waals surface area contributed by atoms with Crippen LogP contribution in [0.4, 0.5) is 5.82 Å². The van der Waals surface area contributed by atoms with Gasteiger partial charge in [-0.3, -0.25) is 4.79 Å². The van der Waals surface area contributed by atoms with E-state index in [2.05, 4.69) is 10.1 Å². The lowest BCUT2D eigenvalue weighted by Crippen LogP contribution is -2.20. The van der Waals surface area contributed by atoms with Crippen LogP contribution < -0.4 is 5.56 Å². The fourth-order valence-electron chi connectivity index (χ4n) is 4.42. The van der Waals surface area contributed by atoms with E-state index in [0.29, 0.717) is 27.8 Å². The summed E-state index contributed by atoms with van der Waals surface area (Å²) < 4.78 is 3.03. The van der Waals surface area contributed by atoms with Crippen molar-refractivity contribution in [1.29, 1.82) is 0 Å². The molecule has 7 heteroatoms. The number of aliphatic imine (C=N–C) groups is 1. The van der Waals surface area contributed by atoms with Gasteiger partial charge in [0, 0.05) is 27.8 Å². The second-order valence-electron chi connectivity index (χ2n) is 8.54. The predicted octanol–water partition coefficient (Wildman–Crippen LogP) is 5.26. The van der Waals surface area contributed by atoms with Gasteiger partial charge in [0.15, 0.2) is 11.5 Å². The molecule has 6 aromatic rings. The molecule has 0 radical (unpaired) electrons. The van der Waals surface area contributed by atoms with Crippen LogP contribution in [0.1, 0.15) is 16.8 Å². The summed E-state index contributed by atoms with van der Waals surface area (Å²) in [5, 5.41) is 18.8. The van der Waals surface area contributed by atoms with E-state index in [4.69, 9.17) is 4.99 Å². The molecular weight excluding hydrogens is 438 g/mol. The molecule has 7 nitrogen and oxygen atoms in total. The van der Waals surface area contributed by atoms with Crippen LogP contribution in [0.2, 0.25) is 0 Å². The van der Waals surface area contributed by atoms with Gasteiger partial charge in [0.05, 0.1) is 23.1 Å². The Morgan fingerprint density at radius 3 is 2.26 bits per heavy atom. The van der Waals surface area contributed by atoms with Crippen molar-refractivity contribution in [2.24, 2.45) is 4.99 Å². The van der Waals surface area contributed by atoms with Crippen molar-refractivity contribution in [3.8, 4) is 11.6 Å². The second-order valence-corrected chi connectivity index (χ2v) is 8.54. The van der Waals surface area contributed by atoms with E-state index in [1.807, 2.05) is 86.8 Å². The molecule has 0 bridgehead atoms. The SMILES string of the molecule is Cc1ccc(-n2c(O)c(C=Nc3nn4cc(C)nc4c4ccccc34)c3ccccc3c2=O)cc1. The molecule has 35 heavy (non-hydrogen) atoms. The first-order valence-corrected chi connectivity index (χ1v) is 11.2. The number of pyridine rings is 1. The van der Waals surface area contributed by atoms with Gasteiger partial charge in [0.2, 0.25) is 5.88 Å². The van der Waals surface area contributed by atoms with Crippen LogP contribution in [0.15, 0.2) is 88.8 Å². The minimum Gasteiger partial charge on any atom is -0.494 e. The molecule has 6 rings (SSSR count). The molecule has 0 spiro atoms. The number of rotatable bonds is 3. The zero-order valence-electron chi connectivity index (χ0n) is 19.2. The quantitative estimate of drug-likeness (QED) is 0.366. The van der Waals surface area contributed by atoms with Gasteiger partial charge in [0.1, 0.15) is 0 Å². The summed E-state index contributed by atoms with van der Waals surface area (Å²) in [6.45, 7) is 3.89. The summed E-state index contributed by atoms with van der Waals surface area (Å²) in [6.07, 6.45) is 3.43. The summed E-state index contributed by atoms with van der Waals surface area (Å²) in [4.78, 5) is 22.6. The van der Waals surface area contributed by atoms with E-state index >= 15 is 0 Å². The Labute approximate surface area is 200 Å². The summed E-state index contributed by atoms with van der Waals surface area (Å²) in [5.41, 5.74) is 3.41. The Morgan fingerprint density at radius 1 is 0.857 bits per heavy atom. The van der Waals surface area contributed by atoms with Crippen LogP contribution in [-0.2, 0) is 0 Å². The molecule has 3 heterocycles. The van der Waals surface area contributed by atoms with Crippen molar-refractivity contribution < 1.29 is 5.11 Å². The molecule has 3 aromatic carbocycles. The van der Waals surface area contributed by atoms with Crippen molar-refractivity contribution >= 4 is 39.2 Å². The van der Waals surface area contributed by atoms with Crippen LogP contribution in [0, 0.1) is 13.8 Å². The molecule has 170 valence electrons. The maximum absolute atomic E-state index is 13.3. The van der Waals surface area contributed by atoms with Crippen molar-refractivity contribution in [1.82, 2.24) is 19.2 Å². The maximum Gasteiger partial charge on any atom is 0.265 e. The average molecular weight is 460 g/mol. The molecule has 0 aliphatic rings. The smallest absolute Gasteiger partial charge is 0.265 e. The van der Waals surface area contributed by atoms with Gasteiger partial charge in [-0.05, 0) is 32.0 Å². The Hall–Kier alpha value is -4.78. The zero-order valence-corrected chi connectivity index (χ0v) is 19.2. The van der Waals surface area contributed by atoms with Crippen molar-refractivity contribution in [2.45, 2.75) is 13.8 Å². The van der Waals surface area contributed by atoms with E-state index in [9.17, 15) is 9.90 Å². The fraction of sp³-hybridized carbons (Fsp3) is 0.0714. The van der Waals surface area contributed by atoms with Gasteiger partial charge in [-0.15, -0.1) is 5.10 Å². The van der Waals surface area contributed by atoms with Crippen molar-refractivity contribution in [3.63, 3.8) is 0 Å². The van der Waals surface area contributed by atoms with Gasteiger partial charge < -0.3 is 5.11 Å². The highest BCUT2D eigenvalue weighted by Gasteiger charge is 2.17. The number of hydrogen-bond donors (Lipinski definition) is 1. The summed E-state index contributed by atoms with van der Waals surface area (Å²) in [6, 6.07) is 22.5. The van der Waals surface area contributed by atoms with Gasteiger partial charge in [-0.2, -0.15) is 0 Å². The van der Waals surface area contributed by atoms with Gasteiger partial charge in [-0.1, -0.05) is 60.2 Å². The molecule has 0 fully saturated rings. The number of aromatic nitrogens is 4. The number of benzene rings is 3. The van der Waals surface area contributed by atoms with Crippen LogP contribution in [0.25, 0.3) is 32.9 Å². The minimum absolute atomic E-state index is 0.176. The van der Waals surface area contributed by atoms with Crippen molar-refractivity contribution in [3.05, 3.63) is 106 Å². The number of aromatic hydroxyl groups is 1. The molecule has 1 N–H and O–H groups in total. The highest BCUT2D eigenvalue weighted by molar-refractivity contribution is 6.04. The molecule has 0 atom stereocenters. The summed E-state index contributed by atoms with van der Waals surface area (Å²) >= 11 is 0. The first-order chi connectivity index (χ1) is 17.0. The van der Waals surface area contributed by atoms with Crippen molar-refractivity contribution in [2.75, 3.05) is 0 Å². The largest absolute Gasteiger partial charge is 0.494 e. The van der Waals surface area contributed by atoms with Crippen LogP contribution >= 0.6 is 0 Å². The Bertz CT molecular complexity index is 1850. The van der Waals surface area contributed by atoms with E-state index < -0.39 is 0 Å². The molecule has 0 unspecified atom stereocenters. The monoisotopic (exact) mass is 459 g/mol. The normalized spacial score (nSPS) is 11.8. The van der Waals surface area contributed by atoms with E-state index in [1.54, 1.807) is 16.8 Å². The van der Waals surface area contributed by atoms with Crippen LogP contribution in [0.5, 0.6) is 5.88 Å². The molecule has 3 aromatic heterocycles. The standard InChI is InChI=1S/C28H21N5O2/c1-17-11-13-19(14-12-17)33-27(34)23-10-6-3-7-20(23)24(28(33)35)15-29-25-21-8-4-5-9-22(21)26-30-18(2)16-32(26)31-25/h3-16,35H,1-2H3. The predicted molar refractivity (Wildman–Crippen MR) is 138 cm³/mol. The van der Waals surface area contributed by atoms with Gasteiger partial charge >= 0.3 is 0 Å². The molecule has 0 amide bonds. The highest BCUT2D eigenvalue weighted by Crippen LogP contribution is 2.29. The lowest BCUT2D eigenvalue weighted by Gasteiger charge is -2.14. The molecular formula is C28H21N5O2. The highest BCUT2D eigenvalue weighted by atomic mass is 16.3. The van der Waals surface area contributed by atoms with E-state index in [1.165, 1.54) is 4.57 Å². The third kappa shape index (κ3) is 3.36. The number of fused-ring (bicyclic) bond motifs is 4. The van der Waals surface area contributed by atoms with Gasteiger partial charge in [0.25, 0.3) is 5.56 Å². The average Bonchev–Trinajstić information content (AvgIpc) is 3.25. The second kappa shape index (κ2) is 7.92. The van der Waals surface area contributed by atoms with Crippen LogP contribution in [-0.4, -0.2) is 30.5 Å². The zero-order chi connectivity index (χ0) is 24.1. The molecule has 0 saturated heterocycles. The molecule has 0 aliphatic carbocycles. The molecule has 0 saturated carbocycles. The Morgan fingerprint density at radius 2 is 1.51 bits per heavy atom. The number of hydrogen-bond acceptors (Lipinski definition) is 5. The Kier molecular flexibility index (Phi) is 4.70. The third-order valence-corrected chi connectivity index (χ3v) is 6.13. The topological polar surface area (TPSA) is 84.8 Å². The third-order valence-electron chi connectivity index (χ3n) is 6.13. The van der Waals surface area contributed by atoms with E-state index in [0.717, 1.165) is 27.7 Å².